The molecule has 1 heterocycles. The maximum Gasteiger partial charge on any atom is 0.265 e. The fraction of sp³-hybridized carbons (Fsp3) is 0.500. The van der Waals surface area contributed by atoms with Gasteiger partial charge in [0.2, 0.25) is 0 Å². The zero-order valence-electron chi connectivity index (χ0n) is 8.35. The van der Waals surface area contributed by atoms with E-state index in [2.05, 4.69) is 4.98 Å². The summed E-state index contributed by atoms with van der Waals surface area (Å²) in [6, 6.07) is 0. The van der Waals surface area contributed by atoms with Crippen LogP contribution in [0.3, 0.4) is 0 Å². The van der Waals surface area contributed by atoms with Gasteiger partial charge in [0.15, 0.2) is 0 Å². The lowest BCUT2D eigenvalue weighted by Crippen LogP contribution is -2.15. The van der Waals surface area contributed by atoms with E-state index in [-0.39, 0.29) is 0 Å². The Morgan fingerprint density at radius 1 is 1.18 bits per heavy atom. The van der Waals surface area contributed by atoms with Crippen LogP contribution in [0.25, 0.3) is 0 Å². The lowest BCUT2D eigenvalue weighted by Gasteiger charge is -1.92. The molecule has 0 aliphatic heterocycles. The zero-order valence-corrected chi connectivity index (χ0v) is 11.6. The van der Waals surface area contributed by atoms with E-state index >= 15 is 0 Å². The second-order valence-corrected chi connectivity index (χ2v) is 7.06. The highest BCUT2D eigenvalue weighted by atomic mass is 35.5. The van der Waals surface area contributed by atoms with Crippen LogP contribution in [0.4, 0.5) is 0 Å². The van der Waals surface area contributed by atoms with Crippen LogP contribution < -0.4 is 0 Å². The number of hydrogen-bond donors (Lipinski definition) is 2. The average Bonchev–Trinajstić information content (AvgIpc) is 2.66. The number of rotatable bonds is 4. The minimum atomic E-state index is -4.30. The van der Waals surface area contributed by atoms with E-state index in [0.29, 0.717) is 5.88 Å². The summed E-state index contributed by atoms with van der Waals surface area (Å²) in [7, 11) is -8.59. The molecule has 1 aromatic rings. The summed E-state index contributed by atoms with van der Waals surface area (Å²) in [4.78, 5) is 4.95. The van der Waals surface area contributed by atoms with Gasteiger partial charge in [0.1, 0.15) is 0 Å². The van der Waals surface area contributed by atoms with E-state index in [4.69, 9.17) is 20.7 Å². The van der Waals surface area contributed by atoms with Gasteiger partial charge < -0.3 is 0 Å². The third-order valence-corrected chi connectivity index (χ3v) is 4.14. The van der Waals surface area contributed by atoms with Gasteiger partial charge >= 0.3 is 0 Å². The summed E-state index contributed by atoms with van der Waals surface area (Å²) in [5.74, 6) is -1.37. The molecular weight excluding hydrogens is 314 g/mol. The molecule has 0 amide bonds. The van der Waals surface area contributed by atoms with Crippen LogP contribution in [0.2, 0.25) is 0 Å². The van der Waals surface area contributed by atoms with E-state index in [9.17, 15) is 16.8 Å². The van der Waals surface area contributed by atoms with Crippen LogP contribution >= 0.6 is 22.9 Å². The molecule has 100 valence electrons. The summed E-state index contributed by atoms with van der Waals surface area (Å²) in [5, 5.41) is 0. The van der Waals surface area contributed by atoms with E-state index in [1.807, 2.05) is 0 Å². The quantitative estimate of drug-likeness (QED) is 0.616. The first-order chi connectivity index (χ1) is 7.64. The van der Waals surface area contributed by atoms with Gasteiger partial charge in [0, 0.05) is 11.1 Å². The highest BCUT2D eigenvalue weighted by Gasteiger charge is 2.11. The van der Waals surface area contributed by atoms with Gasteiger partial charge in [-0.05, 0) is 0 Å². The molecule has 0 aromatic carbocycles. The molecule has 2 N–H and O–H groups in total. The van der Waals surface area contributed by atoms with Gasteiger partial charge in [-0.15, -0.1) is 22.9 Å². The average molecular weight is 324 g/mol. The molecule has 0 spiro atoms. The van der Waals surface area contributed by atoms with Crippen molar-refractivity contribution in [3.05, 3.63) is 16.6 Å². The van der Waals surface area contributed by atoms with Crippen molar-refractivity contribution < 1.29 is 25.9 Å². The summed E-state index contributed by atoms with van der Waals surface area (Å²) in [6.07, 6.45) is 1.78. The Hall–Kier alpha value is -0.260. The van der Waals surface area contributed by atoms with Crippen LogP contribution in [-0.2, 0) is 26.1 Å². The maximum atomic E-state index is 9.86. The molecule has 0 aliphatic rings. The number of thiazole rings is 1. The van der Waals surface area contributed by atoms with Crippen LogP contribution in [-0.4, -0.2) is 42.4 Å². The molecule has 0 radical (unpaired) electrons. The highest BCUT2D eigenvalue weighted by Crippen LogP contribution is 2.06. The van der Waals surface area contributed by atoms with Gasteiger partial charge in [-0.2, -0.15) is 16.8 Å². The first kappa shape index (κ1) is 16.7. The maximum absolute atomic E-state index is 9.86. The van der Waals surface area contributed by atoms with Crippen molar-refractivity contribution in [2.24, 2.45) is 0 Å². The number of nitrogens with zero attached hydrogens (tertiary/aromatic N) is 1. The van der Waals surface area contributed by atoms with Crippen LogP contribution in [0.1, 0.15) is 4.88 Å². The van der Waals surface area contributed by atoms with Gasteiger partial charge in [-0.25, -0.2) is 0 Å². The predicted octanol–water partition coefficient (Wildman–Crippen LogP) is 0.644. The van der Waals surface area contributed by atoms with Crippen molar-refractivity contribution in [2.45, 2.75) is 5.88 Å². The summed E-state index contributed by atoms with van der Waals surface area (Å²) in [6.45, 7) is 0. The molecule has 0 bridgehead atoms. The minimum absolute atomic E-state index is 0.588. The molecule has 0 fully saturated rings. The van der Waals surface area contributed by atoms with Crippen molar-refractivity contribution >= 4 is 43.2 Å². The summed E-state index contributed by atoms with van der Waals surface area (Å²) in [5.41, 5.74) is 1.78. The van der Waals surface area contributed by atoms with E-state index < -0.39 is 31.7 Å². The second-order valence-electron chi connectivity index (χ2n) is 2.67. The Morgan fingerprint density at radius 3 is 1.82 bits per heavy atom. The van der Waals surface area contributed by atoms with Gasteiger partial charge in [-0.1, -0.05) is 0 Å². The number of hydrogen-bond acceptors (Lipinski definition) is 6. The molecule has 0 atom stereocenters. The molecular formula is C6H10ClNO6S3. The summed E-state index contributed by atoms with van der Waals surface area (Å²) < 4.78 is 55.4. The topological polar surface area (TPSA) is 122 Å². The second kappa shape index (κ2) is 7.24. The Bertz CT molecular complexity index is 476. The standard InChI is InChI=1S/C4H4ClNS.C2H6O6S2/c5-1-4-2-6-3-7-4;3-9(4,5)1-2-10(6,7)8/h2-3H,1H2;1-2H2,(H,3,4,5)(H,6,7,8). The van der Waals surface area contributed by atoms with Crippen LogP contribution in [0.5, 0.6) is 0 Å². The van der Waals surface area contributed by atoms with E-state index in [1.165, 1.54) is 0 Å². The molecule has 11 heteroatoms. The third-order valence-electron chi connectivity index (χ3n) is 1.21. The molecule has 0 saturated heterocycles. The lowest BCUT2D eigenvalue weighted by molar-refractivity contribution is 0.472. The van der Waals surface area contributed by atoms with E-state index in [1.54, 1.807) is 23.0 Å². The Balaban J connectivity index is 0.000000318. The molecule has 0 unspecified atom stereocenters. The normalized spacial score (nSPS) is 11.7. The van der Waals surface area contributed by atoms with Gasteiger partial charge in [-0.3, -0.25) is 14.1 Å². The number of aromatic nitrogens is 1. The number of halogens is 1. The van der Waals surface area contributed by atoms with Gasteiger partial charge in [0.05, 0.1) is 22.9 Å². The first-order valence-corrected chi connectivity index (χ1v) is 8.61. The molecule has 1 rings (SSSR count). The summed E-state index contributed by atoms with van der Waals surface area (Å²) >= 11 is 7.02. The molecule has 1 aromatic heterocycles. The van der Waals surface area contributed by atoms with E-state index in [0.717, 1.165) is 4.88 Å². The van der Waals surface area contributed by atoms with Crippen molar-refractivity contribution in [1.82, 2.24) is 4.98 Å². The monoisotopic (exact) mass is 323 g/mol. The predicted molar refractivity (Wildman–Crippen MR) is 64.5 cm³/mol. The molecule has 0 saturated carbocycles. The number of alkyl halides is 1. The van der Waals surface area contributed by atoms with Crippen molar-refractivity contribution in [1.29, 1.82) is 0 Å². The largest absolute Gasteiger partial charge is 0.286 e. The molecule has 0 aliphatic carbocycles. The fourth-order valence-corrected chi connectivity index (χ4v) is 2.90. The van der Waals surface area contributed by atoms with Crippen LogP contribution in [0.15, 0.2) is 11.7 Å². The highest BCUT2D eigenvalue weighted by molar-refractivity contribution is 7.89. The Morgan fingerprint density at radius 2 is 1.65 bits per heavy atom. The Labute approximate surface area is 108 Å². The first-order valence-electron chi connectivity index (χ1n) is 3.97. The smallest absolute Gasteiger partial charge is 0.265 e. The molecule has 17 heavy (non-hydrogen) atoms. The van der Waals surface area contributed by atoms with Gasteiger partial charge in [0.25, 0.3) is 20.2 Å². The van der Waals surface area contributed by atoms with Crippen molar-refractivity contribution in [2.75, 3.05) is 11.5 Å². The third kappa shape index (κ3) is 12.0. The zero-order chi connectivity index (χ0) is 13.5. The van der Waals surface area contributed by atoms with Crippen molar-refractivity contribution in [3.8, 4) is 0 Å². The molecule has 7 nitrogen and oxygen atoms in total. The minimum Gasteiger partial charge on any atom is -0.286 e. The van der Waals surface area contributed by atoms with Crippen LogP contribution in [0, 0.1) is 0 Å². The SMILES string of the molecule is ClCc1cncs1.O=S(=O)(O)CCS(=O)(=O)O. The fourth-order valence-electron chi connectivity index (χ4n) is 0.519. The lowest BCUT2D eigenvalue weighted by atomic mass is 10.6. The van der Waals surface area contributed by atoms with Crippen molar-refractivity contribution in [3.63, 3.8) is 0 Å². The Kier molecular flexibility index (Phi) is 7.13.